The Morgan fingerprint density at radius 3 is 2.13 bits per heavy atom. The second kappa shape index (κ2) is 8.58. The second-order valence-electron chi connectivity index (χ2n) is 6.88. The van der Waals surface area contributed by atoms with Crippen molar-refractivity contribution in [2.45, 2.75) is 6.61 Å². The van der Waals surface area contributed by atoms with Crippen LogP contribution in [0.1, 0.15) is 16.7 Å². The van der Waals surface area contributed by atoms with Crippen LogP contribution in [0.3, 0.4) is 0 Å². The summed E-state index contributed by atoms with van der Waals surface area (Å²) < 4.78 is 60.9. The number of ether oxygens (including phenoxy) is 1. The summed E-state index contributed by atoms with van der Waals surface area (Å²) in [5, 5.41) is 0.931. The molecule has 3 aromatic carbocycles. The fourth-order valence-electron chi connectivity index (χ4n) is 3.14. The maximum absolute atomic E-state index is 14.6. The molecule has 1 heterocycles. The normalized spacial score (nSPS) is 10.7. The SMILES string of the molecule is COCc1ccc(-c2cc(F)c(C#Cc3ccc4cc(F)c(F)cc4c3)c(F)c2)nc1. The topological polar surface area (TPSA) is 22.1 Å². The molecular weight excluding hydrogens is 406 g/mol. The Labute approximate surface area is 176 Å². The van der Waals surface area contributed by atoms with Gasteiger partial charge in [0.2, 0.25) is 0 Å². The molecular formula is C25H15F4NO. The minimum Gasteiger partial charge on any atom is -0.380 e. The predicted octanol–water partition coefficient (Wildman–Crippen LogP) is 6.00. The summed E-state index contributed by atoms with van der Waals surface area (Å²) in [5.74, 6) is 1.60. The van der Waals surface area contributed by atoms with Gasteiger partial charge in [-0.3, -0.25) is 4.98 Å². The minimum atomic E-state index is -0.978. The zero-order valence-electron chi connectivity index (χ0n) is 16.3. The lowest BCUT2D eigenvalue weighted by molar-refractivity contribution is 0.184. The summed E-state index contributed by atoms with van der Waals surface area (Å²) in [5.41, 5.74) is 1.57. The van der Waals surface area contributed by atoms with Crippen molar-refractivity contribution in [1.82, 2.24) is 4.98 Å². The lowest BCUT2D eigenvalue weighted by Gasteiger charge is -2.05. The third-order valence-electron chi connectivity index (χ3n) is 4.68. The Morgan fingerprint density at radius 2 is 1.48 bits per heavy atom. The number of fused-ring (bicyclic) bond motifs is 1. The first kappa shape index (κ1) is 20.6. The molecule has 1 aromatic heterocycles. The Bertz CT molecular complexity index is 1310. The second-order valence-corrected chi connectivity index (χ2v) is 6.88. The smallest absolute Gasteiger partial charge is 0.159 e. The van der Waals surface area contributed by atoms with E-state index < -0.39 is 23.3 Å². The highest BCUT2D eigenvalue weighted by atomic mass is 19.2. The van der Waals surface area contributed by atoms with Gasteiger partial charge in [0.25, 0.3) is 0 Å². The van der Waals surface area contributed by atoms with Crippen LogP contribution in [0.15, 0.2) is 60.8 Å². The first-order chi connectivity index (χ1) is 14.9. The lowest BCUT2D eigenvalue weighted by atomic mass is 10.0. The molecule has 31 heavy (non-hydrogen) atoms. The van der Waals surface area contributed by atoms with Gasteiger partial charge in [0.1, 0.15) is 11.6 Å². The lowest BCUT2D eigenvalue weighted by Crippen LogP contribution is -1.95. The van der Waals surface area contributed by atoms with Gasteiger partial charge in [0.15, 0.2) is 11.6 Å². The van der Waals surface area contributed by atoms with E-state index in [1.165, 1.54) is 18.2 Å². The molecule has 0 aliphatic carbocycles. The molecule has 2 nitrogen and oxygen atoms in total. The van der Waals surface area contributed by atoms with Crippen LogP contribution >= 0.6 is 0 Å². The number of benzene rings is 3. The number of hydrogen-bond acceptors (Lipinski definition) is 2. The molecule has 0 unspecified atom stereocenters. The van der Waals surface area contributed by atoms with Gasteiger partial charge in [-0.25, -0.2) is 17.6 Å². The van der Waals surface area contributed by atoms with E-state index in [1.54, 1.807) is 37.6 Å². The summed E-state index contributed by atoms with van der Waals surface area (Å²) in [7, 11) is 1.56. The molecule has 0 spiro atoms. The average Bonchev–Trinajstić information content (AvgIpc) is 2.75. The molecule has 4 rings (SSSR count). The maximum Gasteiger partial charge on any atom is 0.159 e. The van der Waals surface area contributed by atoms with E-state index in [1.807, 2.05) is 0 Å². The Kier molecular flexibility index (Phi) is 5.70. The van der Waals surface area contributed by atoms with Crippen molar-refractivity contribution in [1.29, 1.82) is 0 Å². The van der Waals surface area contributed by atoms with Gasteiger partial charge in [-0.15, -0.1) is 0 Å². The minimum absolute atomic E-state index is 0.285. The van der Waals surface area contributed by atoms with E-state index in [9.17, 15) is 17.6 Å². The standard InChI is InChI=1S/C25H15F4NO/c1-31-14-16-4-7-25(30-13-16)19-11-21(26)20(22(27)12-19)6-3-15-2-5-17-9-23(28)24(29)10-18(17)8-15/h2,4-5,7-13H,14H2,1H3. The quantitative estimate of drug-likeness (QED) is 0.299. The van der Waals surface area contributed by atoms with Crippen molar-refractivity contribution in [2.24, 2.45) is 0 Å². The van der Waals surface area contributed by atoms with Crippen LogP contribution in [0.4, 0.5) is 17.6 Å². The monoisotopic (exact) mass is 421 g/mol. The van der Waals surface area contributed by atoms with Crippen molar-refractivity contribution in [2.75, 3.05) is 7.11 Å². The first-order valence-electron chi connectivity index (χ1n) is 9.29. The van der Waals surface area contributed by atoms with Crippen LogP contribution in [-0.2, 0) is 11.3 Å². The van der Waals surface area contributed by atoms with Gasteiger partial charge in [-0.2, -0.15) is 0 Å². The number of nitrogens with zero attached hydrogens (tertiary/aromatic N) is 1. The van der Waals surface area contributed by atoms with E-state index in [-0.39, 0.29) is 11.1 Å². The Hall–Kier alpha value is -3.69. The third-order valence-corrected chi connectivity index (χ3v) is 4.68. The Morgan fingerprint density at radius 1 is 0.774 bits per heavy atom. The zero-order valence-corrected chi connectivity index (χ0v) is 16.3. The fraction of sp³-hybridized carbons (Fsp3) is 0.0800. The van der Waals surface area contributed by atoms with Gasteiger partial charge in [0.05, 0.1) is 17.9 Å². The van der Waals surface area contributed by atoms with E-state index in [0.717, 1.165) is 17.7 Å². The van der Waals surface area contributed by atoms with Gasteiger partial charge in [-0.1, -0.05) is 24.0 Å². The number of methoxy groups -OCH3 is 1. The van der Waals surface area contributed by atoms with Crippen molar-refractivity contribution in [3.05, 3.63) is 101 Å². The molecule has 0 aliphatic heterocycles. The van der Waals surface area contributed by atoms with E-state index >= 15 is 0 Å². The first-order valence-corrected chi connectivity index (χ1v) is 9.29. The van der Waals surface area contributed by atoms with Crippen molar-refractivity contribution in [3.8, 4) is 23.1 Å². The van der Waals surface area contributed by atoms with E-state index in [2.05, 4.69) is 16.8 Å². The third kappa shape index (κ3) is 4.42. The summed E-state index contributed by atoms with van der Waals surface area (Å²) in [6, 6.07) is 12.6. The average molecular weight is 421 g/mol. The van der Waals surface area contributed by atoms with Crippen molar-refractivity contribution in [3.63, 3.8) is 0 Å². The summed E-state index contributed by atoms with van der Waals surface area (Å²) in [6.07, 6.45) is 1.58. The predicted molar refractivity (Wildman–Crippen MR) is 110 cm³/mol. The molecule has 0 saturated heterocycles. The highest BCUT2D eigenvalue weighted by Crippen LogP contribution is 2.24. The van der Waals surface area contributed by atoms with Crippen molar-refractivity contribution >= 4 is 10.8 Å². The molecule has 0 fully saturated rings. The van der Waals surface area contributed by atoms with Gasteiger partial charge >= 0.3 is 0 Å². The van der Waals surface area contributed by atoms with Crippen LogP contribution in [0.5, 0.6) is 0 Å². The number of rotatable bonds is 3. The van der Waals surface area contributed by atoms with Gasteiger partial charge in [0, 0.05) is 24.4 Å². The number of aromatic nitrogens is 1. The molecule has 0 atom stereocenters. The molecule has 0 amide bonds. The molecule has 4 aromatic rings. The zero-order chi connectivity index (χ0) is 22.0. The van der Waals surface area contributed by atoms with Gasteiger partial charge in [-0.05, 0) is 58.8 Å². The molecule has 0 saturated carbocycles. The number of pyridine rings is 1. The van der Waals surface area contributed by atoms with E-state index in [0.29, 0.717) is 28.6 Å². The van der Waals surface area contributed by atoms with Crippen LogP contribution < -0.4 is 0 Å². The Balaban J connectivity index is 1.65. The van der Waals surface area contributed by atoms with Crippen LogP contribution in [0, 0.1) is 35.1 Å². The molecule has 0 radical (unpaired) electrons. The fourth-order valence-corrected chi connectivity index (χ4v) is 3.14. The molecule has 0 N–H and O–H groups in total. The summed E-state index contributed by atoms with van der Waals surface area (Å²) in [6.45, 7) is 0.390. The van der Waals surface area contributed by atoms with E-state index in [4.69, 9.17) is 4.74 Å². The number of halogens is 4. The van der Waals surface area contributed by atoms with Crippen molar-refractivity contribution < 1.29 is 22.3 Å². The maximum atomic E-state index is 14.6. The molecule has 6 heteroatoms. The van der Waals surface area contributed by atoms with Crippen LogP contribution in [-0.4, -0.2) is 12.1 Å². The summed E-state index contributed by atoms with van der Waals surface area (Å²) >= 11 is 0. The highest BCUT2D eigenvalue weighted by Gasteiger charge is 2.12. The molecule has 154 valence electrons. The largest absolute Gasteiger partial charge is 0.380 e. The molecule has 0 aliphatic rings. The van der Waals surface area contributed by atoms with Gasteiger partial charge < -0.3 is 4.74 Å². The van der Waals surface area contributed by atoms with Crippen LogP contribution in [0.25, 0.3) is 22.0 Å². The highest BCUT2D eigenvalue weighted by molar-refractivity contribution is 5.84. The number of hydrogen-bond donors (Lipinski definition) is 0. The van der Waals surface area contributed by atoms with Crippen LogP contribution in [0.2, 0.25) is 0 Å². The summed E-state index contributed by atoms with van der Waals surface area (Å²) in [4.78, 5) is 4.21. The molecule has 0 bridgehead atoms.